The van der Waals surface area contributed by atoms with Crippen LogP contribution >= 0.6 is 0 Å². The molecule has 0 atom stereocenters. The van der Waals surface area contributed by atoms with Gasteiger partial charge in [-0.2, -0.15) is 5.10 Å². The van der Waals surface area contributed by atoms with E-state index in [1.165, 1.54) is 23.7 Å². The molecule has 2 aromatic rings. The van der Waals surface area contributed by atoms with Gasteiger partial charge < -0.3 is 4.90 Å². The molecule has 0 unspecified atom stereocenters. The van der Waals surface area contributed by atoms with Crippen LogP contribution in [-0.2, 0) is 17.9 Å². The molecule has 2 rings (SSSR count). The topological polar surface area (TPSA) is 81.3 Å². The van der Waals surface area contributed by atoms with Crippen molar-refractivity contribution in [2.75, 3.05) is 6.54 Å². The molecule has 0 radical (unpaired) electrons. The molecule has 7 nitrogen and oxygen atoms in total. The smallest absolute Gasteiger partial charge is 0.312 e. The molecule has 24 heavy (non-hydrogen) atoms. The fourth-order valence-corrected chi connectivity index (χ4v) is 2.57. The Morgan fingerprint density at radius 2 is 2.12 bits per heavy atom. The fraction of sp³-hybridized carbons (Fsp3) is 0.375. The van der Waals surface area contributed by atoms with E-state index >= 15 is 0 Å². The van der Waals surface area contributed by atoms with E-state index in [-0.39, 0.29) is 36.2 Å². The molecule has 8 heteroatoms. The Labute approximate surface area is 138 Å². The molecule has 0 N–H and O–H groups in total. The average Bonchev–Trinajstić information content (AvgIpc) is 2.78. The first-order valence-corrected chi connectivity index (χ1v) is 7.54. The molecule has 1 amide bonds. The summed E-state index contributed by atoms with van der Waals surface area (Å²) in [5.41, 5.74) is 1.23. The lowest BCUT2D eigenvalue weighted by atomic mass is 10.2. The summed E-state index contributed by atoms with van der Waals surface area (Å²) in [6.07, 6.45) is 0. The Balaban J connectivity index is 2.15. The number of nitro groups is 1. The number of aryl methyl sites for hydroxylation is 1. The molecule has 0 saturated carbocycles. The van der Waals surface area contributed by atoms with E-state index in [1.807, 2.05) is 6.92 Å². The van der Waals surface area contributed by atoms with Gasteiger partial charge in [-0.3, -0.25) is 19.6 Å². The van der Waals surface area contributed by atoms with Crippen molar-refractivity contribution in [3.63, 3.8) is 0 Å². The number of amides is 1. The molecule has 0 fully saturated rings. The van der Waals surface area contributed by atoms with Crippen LogP contribution in [-0.4, -0.2) is 32.1 Å². The van der Waals surface area contributed by atoms with Crippen molar-refractivity contribution in [1.29, 1.82) is 0 Å². The van der Waals surface area contributed by atoms with Crippen LogP contribution in [0.15, 0.2) is 24.3 Å². The number of rotatable bonds is 6. The minimum Gasteiger partial charge on any atom is -0.337 e. The Morgan fingerprint density at radius 3 is 2.67 bits per heavy atom. The van der Waals surface area contributed by atoms with E-state index in [0.29, 0.717) is 17.8 Å². The number of halogens is 1. The second-order valence-corrected chi connectivity index (χ2v) is 5.47. The molecular weight excluding hydrogens is 315 g/mol. The molecule has 0 saturated heterocycles. The monoisotopic (exact) mass is 334 g/mol. The third kappa shape index (κ3) is 3.76. The third-order valence-electron chi connectivity index (χ3n) is 3.81. The van der Waals surface area contributed by atoms with Crippen LogP contribution in [0.2, 0.25) is 0 Å². The van der Waals surface area contributed by atoms with Crippen LogP contribution in [0, 0.1) is 29.8 Å². The normalized spacial score (nSPS) is 10.7. The van der Waals surface area contributed by atoms with Crippen molar-refractivity contribution in [3.05, 3.63) is 57.1 Å². The second kappa shape index (κ2) is 7.20. The summed E-state index contributed by atoms with van der Waals surface area (Å²) < 4.78 is 14.6. The summed E-state index contributed by atoms with van der Waals surface area (Å²) >= 11 is 0. The number of nitrogens with zero attached hydrogens (tertiary/aromatic N) is 4. The van der Waals surface area contributed by atoms with Gasteiger partial charge in [0.15, 0.2) is 0 Å². The molecule has 1 aromatic heterocycles. The molecule has 0 aliphatic carbocycles. The zero-order chi connectivity index (χ0) is 17.9. The minimum absolute atomic E-state index is 0.0732. The van der Waals surface area contributed by atoms with Gasteiger partial charge >= 0.3 is 5.69 Å². The van der Waals surface area contributed by atoms with Gasteiger partial charge in [0.1, 0.15) is 23.7 Å². The quantitative estimate of drug-likeness (QED) is 0.600. The van der Waals surface area contributed by atoms with Gasteiger partial charge in [-0.25, -0.2) is 4.39 Å². The fourth-order valence-electron chi connectivity index (χ4n) is 2.57. The molecule has 0 aliphatic heterocycles. The molecule has 1 aromatic carbocycles. The highest BCUT2D eigenvalue weighted by Gasteiger charge is 2.24. The van der Waals surface area contributed by atoms with E-state index in [4.69, 9.17) is 0 Å². The number of benzene rings is 1. The number of hydrogen-bond donors (Lipinski definition) is 0. The molecular formula is C16H19FN4O3. The highest BCUT2D eigenvalue weighted by molar-refractivity contribution is 5.76. The van der Waals surface area contributed by atoms with Crippen LogP contribution < -0.4 is 0 Å². The van der Waals surface area contributed by atoms with Gasteiger partial charge in [0, 0.05) is 13.1 Å². The molecule has 0 aliphatic rings. The molecule has 0 spiro atoms. The summed E-state index contributed by atoms with van der Waals surface area (Å²) in [5, 5.41) is 15.1. The summed E-state index contributed by atoms with van der Waals surface area (Å²) in [5.74, 6) is -0.590. The van der Waals surface area contributed by atoms with Crippen LogP contribution in [0.5, 0.6) is 0 Å². The number of hydrogen-bond acceptors (Lipinski definition) is 4. The summed E-state index contributed by atoms with van der Waals surface area (Å²) in [6, 6.07) is 6.06. The third-order valence-corrected chi connectivity index (χ3v) is 3.81. The maximum Gasteiger partial charge on any atom is 0.312 e. The number of carbonyl (C=O) groups excluding carboxylic acids is 1. The van der Waals surface area contributed by atoms with Crippen molar-refractivity contribution in [2.45, 2.75) is 33.9 Å². The van der Waals surface area contributed by atoms with Crippen molar-refractivity contribution in [1.82, 2.24) is 14.7 Å². The zero-order valence-electron chi connectivity index (χ0n) is 13.8. The van der Waals surface area contributed by atoms with Crippen molar-refractivity contribution in [3.8, 4) is 0 Å². The first-order valence-electron chi connectivity index (χ1n) is 7.54. The van der Waals surface area contributed by atoms with Crippen LogP contribution in [0.1, 0.15) is 23.9 Å². The summed E-state index contributed by atoms with van der Waals surface area (Å²) in [4.78, 5) is 24.6. The van der Waals surface area contributed by atoms with Gasteiger partial charge in [-0.15, -0.1) is 0 Å². The largest absolute Gasteiger partial charge is 0.337 e. The Bertz CT molecular complexity index is 773. The van der Waals surface area contributed by atoms with Crippen LogP contribution in [0.25, 0.3) is 0 Å². The first kappa shape index (κ1) is 17.6. The standard InChI is InChI=1S/C16H19FN4O3/c1-4-19(9-13-6-5-7-14(17)8-13)15(22)10-20-12(3)16(21(23)24)11(2)18-20/h5-8H,4,9-10H2,1-3H3. The van der Waals surface area contributed by atoms with E-state index < -0.39 is 4.92 Å². The first-order chi connectivity index (χ1) is 11.3. The van der Waals surface area contributed by atoms with Gasteiger partial charge in [-0.1, -0.05) is 12.1 Å². The van der Waals surface area contributed by atoms with Crippen LogP contribution in [0.3, 0.4) is 0 Å². The lowest BCUT2D eigenvalue weighted by molar-refractivity contribution is -0.386. The SMILES string of the molecule is CCN(Cc1cccc(F)c1)C(=O)Cn1nc(C)c([N+](=O)[O-])c1C. The Hall–Kier alpha value is -2.77. The van der Waals surface area contributed by atoms with Gasteiger partial charge in [0.2, 0.25) is 5.91 Å². The van der Waals surface area contributed by atoms with E-state index in [1.54, 1.807) is 24.0 Å². The molecule has 1 heterocycles. The molecule has 128 valence electrons. The summed E-state index contributed by atoms with van der Waals surface area (Å²) in [6.45, 7) is 5.54. The van der Waals surface area contributed by atoms with Gasteiger partial charge in [-0.05, 0) is 38.5 Å². The number of carbonyl (C=O) groups is 1. The van der Waals surface area contributed by atoms with Gasteiger partial charge in [0.05, 0.1) is 4.92 Å². The second-order valence-electron chi connectivity index (χ2n) is 5.47. The van der Waals surface area contributed by atoms with E-state index in [0.717, 1.165) is 0 Å². The molecule has 0 bridgehead atoms. The van der Waals surface area contributed by atoms with Crippen molar-refractivity contribution in [2.24, 2.45) is 0 Å². The maximum absolute atomic E-state index is 13.3. The summed E-state index contributed by atoms with van der Waals surface area (Å²) in [7, 11) is 0. The van der Waals surface area contributed by atoms with E-state index in [9.17, 15) is 19.3 Å². The Kier molecular flexibility index (Phi) is 5.28. The zero-order valence-corrected chi connectivity index (χ0v) is 13.8. The van der Waals surface area contributed by atoms with Crippen molar-refractivity contribution >= 4 is 11.6 Å². The lowest BCUT2D eigenvalue weighted by Crippen LogP contribution is -2.33. The number of likely N-dealkylation sites (N-methyl/N-ethyl adjacent to an activating group) is 1. The lowest BCUT2D eigenvalue weighted by Gasteiger charge is -2.21. The van der Waals surface area contributed by atoms with E-state index in [2.05, 4.69) is 5.10 Å². The predicted octanol–water partition coefficient (Wildman–Crippen LogP) is 2.60. The highest BCUT2D eigenvalue weighted by atomic mass is 19.1. The highest BCUT2D eigenvalue weighted by Crippen LogP contribution is 2.21. The predicted molar refractivity (Wildman–Crippen MR) is 85.8 cm³/mol. The minimum atomic E-state index is -0.497. The number of aromatic nitrogens is 2. The van der Waals surface area contributed by atoms with Crippen LogP contribution in [0.4, 0.5) is 10.1 Å². The van der Waals surface area contributed by atoms with Crippen molar-refractivity contribution < 1.29 is 14.1 Å². The Morgan fingerprint density at radius 1 is 1.42 bits per heavy atom. The average molecular weight is 334 g/mol. The maximum atomic E-state index is 13.3. The van der Waals surface area contributed by atoms with Gasteiger partial charge in [0.25, 0.3) is 0 Å².